The van der Waals surface area contributed by atoms with E-state index >= 15 is 0 Å². The molecule has 0 spiro atoms. The lowest BCUT2D eigenvalue weighted by atomic mass is 10.3. The Bertz CT molecular complexity index is 546. The smallest absolute Gasteiger partial charge is 0.333 e. The van der Waals surface area contributed by atoms with Crippen molar-refractivity contribution in [3.63, 3.8) is 0 Å². The molecule has 0 saturated heterocycles. The first kappa shape index (κ1) is 31.7. The minimum absolute atomic E-state index is 0.0760. The van der Waals surface area contributed by atoms with E-state index in [9.17, 15) is 9.90 Å². The van der Waals surface area contributed by atoms with Gasteiger partial charge in [0.15, 0.2) is 16.6 Å². The van der Waals surface area contributed by atoms with Crippen molar-refractivity contribution in [3.8, 4) is 0 Å². The topological polar surface area (TPSA) is 74.2 Å². The summed E-state index contributed by atoms with van der Waals surface area (Å²) in [6.45, 7) is 21.6. The van der Waals surface area contributed by atoms with Gasteiger partial charge in [0.25, 0.3) is 0 Å². The number of ether oxygens (including phenoxy) is 2. The van der Waals surface area contributed by atoms with E-state index in [0.717, 1.165) is 48.7 Å². The van der Waals surface area contributed by atoms with Gasteiger partial charge in [-0.15, -0.1) is 0 Å². The van der Waals surface area contributed by atoms with Crippen molar-refractivity contribution < 1.29 is 27.6 Å². The molecule has 0 fully saturated rings. The van der Waals surface area contributed by atoms with E-state index < -0.39 is 37.3 Å². The summed E-state index contributed by atoms with van der Waals surface area (Å²) in [7, 11) is -5.87. The summed E-state index contributed by atoms with van der Waals surface area (Å²) in [4.78, 5) is 11.4. The van der Waals surface area contributed by atoms with E-state index in [0.29, 0.717) is 12.2 Å². The van der Waals surface area contributed by atoms with Gasteiger partial charge in [-0.25, -0.2) is 4.79 Å². The molecule has 0 aromatic carbocycles. The van der Waals surface area contributed by atoms with E-state index in [1.807, 2.05) is 0 Å². The third-order valence-electron chi connectivity index (χ3n) is 6.68. The van der Waals surface area contributed by atoms with Crippen molar-refractivity contribution in [2.45, 2.75) is 110 Å². The summed E-state index contributed by atoms with van der Waals surface area (Å²) in [5, 5.41) is 9.95. The zero-order valence-electron chi connectivity index (χ0n) is 22.1. The quantitative estimate of drug-likeness (QED) is 0.100. The van der Waals surface area contributed by atoms with Gasteiger partial charge >= 0.3 is 14.5 Å². The van der Waals surface area contributed by atoms with Crippen molar-refractivity contribution in [2.24, 2.45) is 0 Å². The van der Waals surface area contributed by atoms with Crippen LogP contribution in [0.25, 0.3) is 0 Å². The van der Waals surface area contributed by atoms with Crippen LogP contribution in [0.3, 0.4) is 0 Å². The number of carbonyl (C=O) groups is 1. The molecule has 0 aliphatic carbocycles. The number of hydrogen-bond acceptors (Lipinski definition) is 6. The summed E-state index contributed by atoms with van der Waals surface area (Å²) in [6.07, 6.45) is 0.0774. The first-order valence-corrected chi connectivity index (χ1v) is 20.1. The van der Waals surface area contributed by atoms with Crippen LogP contribution in [0.1, 0.15) is 54.9 Å². The number of hydrogen-bond donors (Lipinski definition) is 1. The lowest BCUT2D eigenvalue weighted by molar-refractivity contribution is -0.143. The zero-order valence-corrected chi connectivity index (χ0v) is 25.1. The van der Waals surface area contributed by atoms with Gasteiger partial charge in [-0.3, -0.25) is 0 Å². The molecule has 0 aliphatic heterocycles. The van der Waals surface area contributed by atoms with Crippen LogP contribution in [-0.2, 0) is 22.5 Å². The van der Waals surface area contributed by atoms with Gasteiger partial charge in [-0.05, 0) is 62.2 Å². The highest BCUT2D eigenvalue weighted by Gasteiger charge is 2.46. The van der Waals surface area contributed by atoms with Gasteiger partial charge in [-0.2, -0.15) is 0 Å². The molecule has 1 atom stereocenters. The van der Waals surface area contributed by atoms with E-state index in [1.165, 1.54) is 0 Å². The van der Waals surface area contributed by atoms with Gasteiger partial charge in [0.05, 0.1) is 6.61 Å². The number of aliphatic hydroxyl groups excluding tert-OH is 1. The van der Waals surface area contributed by atoms with E-state index in [1.54, 1.807) is 6.92 Å². The molecule has 0 aromatic heterocycles. The molecule has 9 heteroatoms. The van der Waals surface area contributed by atoms with Gasteiger partial charge in [0, 0.05) is 12.2 Å². The van der Waals surface area contributed by atoms with Crippen molar-refractivity contribution >= 4 is 31.2 Å². The first-order chi connectivity index (χ1) is 15.0. The molecular weight excluding hydrogens is 457 g/mol. The summed E-state index contributed by atoms with van der Waals surface area (Å²) < 4.78 is 24.8. The van der Waals surface area contributed by atoms with Crippen LogP contribution in [0, 0.1) is 0 Å². The Morgan fingerprint density at radius 3 is 1.91 bits per heavy atom. The lowest BCUT2D eigenvalue weighted by Gasteiger charge is -2.44. The number of rotatable bonds is 19. The monoisotopic (exact) mass is 506 g/mol. The largest absolute Gasteiger partial charge is 0.460 e. The predicted octanol–water partition coefficient (Wildman–Crippen LogP) is 5.99. The lowest BCUT2D eigenvalue weighted by Crippen LogP contribution is -2.57. The molecule has 0 heterocycles. The highest BCUT2D eigenvalue weighted by molar-refractivity contribution is 6.89. The normalized spacial score (nSPS) is 13.8. The molecule has 1 unspecified atom stereocenters. The standard InChI is InChI=1S/C23H50O6Si3/c1-10-30(9,11-2)28-32(14-5,15-6)29-31(12-3,13-4)18-16-17-26-19-22(24)20-27-23(25)21(7)8/h22,24H,7,10-20H2,1-6,8-9H3. The van der Waals surface area contributed by atoms with Crippen LogP contribution in [0.15, 0.2) is 12.2 Å². The van der Waals surface area contributed by atoms with Gasteiger partial charge in [-0.1, -0.05) is 48.1 Å². The molecule has 0 saturated carbocycles. The second-order valence-electron chi connectivity index (χ2n) is 9.08. The minimum atomic E-state index is -2.23. The maximum Gasteiger partial charge on any atom is 0.333 e. The van der Waals surface area contributed by atoms with Gasteiger partial charge in [0.1, 0.15) is 12.7 Å². The van der Waals surface area contributed by atoms with Crippen molar-refractivity contribution in [1.29, 1.82) is 0 Å². The molecule has 0 aliphatic rings. The van der Waals surface area contributed by atoms with E-state index in [4.69, 9.17) is 17.7 Å². The summed E-state index contributed by atoms with van der Waals surface area (Å²) in [5.41, 5.74) is 0.321. The maximum absolute atomic E-state index is 11.4. The molecular formula is C23H50O6Si3. The molecule has 190 valence electrons. The first-order valence-electron chi connectivity index (χ1n) is 12.5. The van der Waals surface area contributed by atoms with Crippen LogP contribution >= 0.6 is 0 Å². The highest BCUT2D eigenvalue weighted by atomic mass is 28.5. The Kier molecular flexibility index (Phi) is 15.4. The summed E-state index contributed by atoms with van der Waals surface area (Å²) in [6, 6.07) is 7.47. The molecule has 0 amide bonds. The number of carbonyl (C=O) groups excluding carboxylic acids is 1. The fourth-order valence-corrected chi connectivity index (χ4v) is 19.0. The Labute approximate surface area is 200 Å². The van der Waals surface area contributed by atoms with E-state index in [-0.39, 0.29) is 13.2 Å². The third kappa shape index (κ3) is 10.8. The molecule has 32 heavy (non-hydrogen) atoms. The second kappa shape index (κ2) is 15.6. The van der Waals surface area contributed by atoms with Crippen molar-refractivity contribution in [3.05, 3.63) is 12.2 Å². The average Bonchev–Trinajstić information content (AvgIpc) is 2.80. The SMILES string of the molecule is C=C(C)C(=O)OCC(O)COCCC[Si](CC)(CC)O[Si](CC)(CC)O[Si](C)(CC)CC. The second-order valence-corrected chi connectivity index (χ2v) is 22.5. The molecule has 0 rings (SSSR count). The molecule has 1 N–H and O–H groups in total. The summed E-state index contributed by atoms with van der Waals surface area (Å²) in [5.74, 6) is -0.491. The predicted molar refractivity (Wildman–Crippen MR) is 140 cm³/mol. The van der Waals surface area contributed by atoms with Crippen LogP contribution in [0.4, 0.5) is 0 Å². The van der Waals surface area contributed by atoms with Crippen LogP contribution in [0.2, 0.25) is 48.9 Å². The van der Waals surface area contributed by atoms with Crippen LogP contribution in [0.5, 0.6) is 0 Å². The molecule has 0 bridgehead atoms. The highest BCUT2D eigenvalue weighted by Crippen LogP contribution is 2.35. The minimum Gasteiger partial charge on any atom is -0.460 e. The van der Waals surface area contributed by atoms with E-state index in [2.05, 4.69) is 54.7 Å². The Morgan fingerprint density at radius 2 is 1.47 bits per heavy atom. The fourth-order valence-electron chi connectivity index (χ4n) is 3.66. The van der Waals surface area contributed by atoms with Gasteiger partial charge in [0.2, 0.25) is 0 Å². The summed E-state index contributed by atoms with van der Waals surface area (Å²) >= 11 is 0. The fraction of sp³-hybridized carbons (Fsp3) is 0.870. The maximum atomic E-state index is 11.4. The number of esters is 1. The van der Waals surface area contributed by atoms with Crippen molar-refractivity contribution in [2.75, 3.05) is 19.8 Å². The Hall–Kier alpha value is -0.299. The molecule has 0 radical (unpaired) electrons. The number of aliphatic hydroxyl groups is 1. The average molecular weight is 507 g/mol. The van der Waals surface area contributed by atoms with Gasteiger partial charge < -0.3 is 22.8 Å². The Morgan fingerprint density at radius 1 is 0.906 bits per heavy atom. The molecule has 0 aromatic rings. The molecule has 6 nitrogen and oxygen atoms in total. The van der Waals surface area contributed by atoms with Crippen LogP contribution < -0.4 is 0 Å². The third-order valence-corrected chi connectivity index (χ3v) is 22.4. The van der Waals surface area contributed by atoms with Crippen molar-refractivity contribution in [1.82, 2.24) is 0 Å². The van der Waals surface area contributed by atoms with Crippen LogP contribution in [-0.4, -0.2) is 62.2 Å². The Balaban J connectivity index is 4.85. The zero-order chi connectivity index (χ0) is 24.8.